The van der Waals surface area contributed by atoms with Crippen molar-refractivity contribution in [1.29, 1.82) is 0 Å². The summed E-state index contributed by atoms with van der Waals surface area (Å²) in [5.41, 5.74) is 0.802. The molecule has 0 aliphatic rings. The minimum atomic E-state index is -0.0391. The Kier molecular flexibility index (Phi) is 6.71. The predicted molar refractivity (Wildman–Crippen MR) is 84.4 cm³/mol. The normalized spacial score (nSPS) is 14.1. The Labute approximate surface area is 122 Å². The first-order valence-corrected chi connectivity index (χ1v) is 7.47. The van der Waals surface area contributed by atoms with E-state index in [0.29, 0.717) is 12.5 Å². The van der Waals surface area contributed by atoms with Gasteiger partial charge in [-0.05, 0) is 18.9 Å². The standard InChI is InChI=1S/C15H28N4O/c1-6-8-16-14(12(3)7-2)11-19-15(20)9-13(10-17-19)18(4)5/h9-10,12,14,16H,6-8,11H2,1-5H3. The fourth-order valence-corrected chi connectivity index (χ4v) is 2.05. The van der Waals surface area contributed by atoms with Crippen molar-refractivity contribution in [3.8, 4) is 0 Å². The van der Waals surface area contributed by atoms with Crippen LogP contribution in [0.1, 0.15) is 33.6 Å². The zero-order valence-corrected chi connectivity index (χ0v) is 13.4. The third-order valence-electron chi connectivity index (χ3n) is 3.73. The van der Waals surface area contributed by atoms with E-state index in [2.05, 4.69) is 31.2 Å². The van der Waals surface area contributed by atoms with Crippen LogP contribution in [0.25, 0.3) is 0 Å². The van der Waals surface area contributed by atoms with Crippen LogP contribution < -0.4 is 15.8 Å². The molecule has 1 heterocycles. The van der Waals surface area contributed by atoms with Crippen LogP contribution in [0.3, 0.4) is 0 Å². The van der Waals surface area contributed by atoms with Crippen LogP contribution in [0.15, 0.2) is 17.1 Å². The smallest absolute Gasteiger partial charge is 0.268 e. The van der Waals surface area contributed by atoms with Crippen molar-refractivity contribution in [3.05, 3.63) is 22.6 Å². The first-order valence-electron chi connectivity index (χ1n) is 7.47. The fourth-order valence-electron chi connectivity index (χ4n) is 2.05. The lowest BCUT2D eigenvalue weighted by atomic mass is 9.99. The maximum Gasteiger partial charge on any atom is 0.268 e. The van der Waals surface area contributed by atoms with Gasteiger partial charge in [0.2, 0.25) is 0 Å². The maximum absolute atomic E-state index is 12.1. The number of nitrogens with one attached hydrogen (secondary N) is 1. The third-order valence-corrected chi connectivity index (χ3v) is 3.73. The molecular weight excluding hydrogens is 252 g/mol. The third kappa shape index (κ3) is 4.63. The van der Waals surface area contributed by atoms with E-state index in [4.69, 9.17) is 0 Å². The van der Waals surface area contributed by atoms with Gasteiger partial charge in [0.1, 0.15) is 0 Å². The average Bonchev–Trinajstić information content (AvgIpc) is 2.43. The maximum atomic E-state index is 12.1. The van der Waals surface area contributed by atoms with E-state index in [9.17, 15) is 4.79 Å². The molecule has 1 aromatic heterocycles. The molecule has 1 N–H and O–H groups in total. The highest BCUT2D eigenvalue weighted by atomic mass is 16.1. The van der Waals surface area contributed by atoms with E-state index in [1.54, 1.807) is 16.9 Å². The molecule has 0 amide bonds. The molecule has 114 valence electrons. The van der Waals surface area contributed by atoms with Crippen LogP contribution in [0.4, 0.5) is 5.69 Å². The van der Waals surface area contributed by atoms with Crippen LogP contribution in [0.5, 0.6) is 0 Å². The molecule has 0 saturated carbocycles. The van der Waals surface area contributed by atoms with Crippen molar-refractivity contribution in [1.82, 2.24) is 15.1 Å². The molecule has 2 unspecified atom stereocenters. The monoisotopic (exact) mass is 280 g/mol. The largest absolute Gasteiger partial charge is 0.376 e. The predicted octanol–water partition coefficient (Wildman–Crippen LogP) is 1.72. The Morgan fingerprint density at radius 3 is 2.60 bits per heavy atom. The Bertz CT molecular complexity index is 455. The Balaban J connectivity index is 2.85. The van der Waals surface area contributed by atoms with Crippen molar-refractivity contribution in [2.24, 2.45) is 5.92 Å². The summed E-state index contributed by atoms with van der Waals surface area (Å²) in [6, 6.07) is 1.93. The number of aromatic nitrogens is 2. The van der Waals surface area contributed by atoms with Crippen molar-refractivity contribution in [2.75, 3.05) is 25.5 Å². The lowest BCUT2D eigenvalue weighted by molar-refractivity contribution is 0.314. The van der Waals surface area contributed by atoms with Gasteiger partial charge in [-0.3, -0.25) is 4.79 Å². The second-order valence-electron chi connectivity index (χ2n) is 5.57. The zero-order valence-electron chi connectivity index (χ0n) is 13.4. The molecule has 2 atom stereocenters. The Morgan fingerprint density at radius 1 is 1.40 bits per heavy atom. The van der Waals surface area contributed by atoms with Crippen molar-refractivity contribution in [2.45, 2.75) is 46.2 Å². The van der Waals surface area contributed by atoms with Crippen LogP contribution in [0, 0.1) is 5.92 Å². The molecule has 0 aliphatic heterocycles. The van der Waals surface area contributed by atoms with Gasteiger partial charge in [0.15, 0.2) is 0 Å². The average molecular weight is 280 g/mol. The minimum Gasteiger partial charge on any atom is -0.376 e. The zero-order chi connectivity index (χ0) is 15.1. The molecule has 0 aromatic carbocycles. The van der Waals surface area contributed by atoms with Crippen LogP contribution in [0.2, 0.25) is 0 Å². The number of anilines is 1. The van der Waals surface area contributed by atoms with Crippen LogP contribution in [-0.2, 0) is 6.54 Å². The highest BCUT2D eigenvalue weighted by Crippen LogP contribution is 2.10. The van der Waals surface area contributed by atoms with E-state index >= 15 is 0 Å². The minimum absolute atomic E-state index is 0.0391. The highest BCUT2D eigenvalue weighted by molar-refractivity contribution is 5.40. The number of hydrogen-bond acceptors (Lipinski definition) is 4. The molecule has 0 bridgehead atoms. The Hall–Kier alpha value is -1.36. The van der Waals surface area contributed by atoms with Gasteiger partial charge in [-0.1, -0.05) is 27.2 Å². The van der Waals surface area contributed by atoms with Crippen LogP contribution >= 0.6 is 0 Å². The molecule has 0 aliphatic carbocycles. The van der Waals surface area contributed by atoms with E-state index in [-0.39, 0.29) is 11.6 Å². The molecule has 0 fully saturated rings. The molecule has 0 spiro atoms. The molecule has 20 heavy (non-hydrogen) atoms. The van der Waals surface area contributed by atoms with E-state index < -0.39 is 0 Å². The summed E-state index contributed by atoms with van der Waals surface area (Å²) >= 11 is 0. The van der Waals surface area contributed by atoms with Crippen molar-refractivity contribution in [3.63, 3.8) is 0 Å². The summed E-state index contributed by atoms with van der Waals surface area (Å²) in [4.78, 5) is 14.0. The van der Waals surface area contributed by atoms with Crippen LogP contribution in [-0.4, -0.2) is 36.5 Å². The van der Waals surface area contributed by atoms with Gasteiger partial charge in [-0.2, -0.15) is 5.10 Å². The second-order valence-corrected chi connectivity index (χ2v) is 5.57. The molecule has 0 radical (unpaired) electrons. The number of nitrogens with zero attached hydrogens (tertiary/aromatic N) is 3. The number of rotatable bonds is 8. The fraction of sp³-hybridized carbons (Fsp3) is 0.733. The van der Waals surface area contributed by atoms with Gasteiger partial charge in [0.05, 0.1) is 18.4 Å². The lowest BCUT2D eigenvalue weighted by Gasteiger charge is -2.24. The van der Waals surface area contributed by atoms with Crippen molar-refractivity contribution < 1.29 is 0 Å². The van der Waals surface area contributed by atoms with E-state index in [1.807, 2.05) is 19.0 Å². The lowest BCUT2D eigenvalue weighted by Crippen LogP contribution is -2.42. The topological polar surface area (TPSA) is 50.2 Å². The van der Waals surface area contributed by atoms with Gasteiger partial charge in [-0.15, -0.1) is 0 Å². The summed E-state index contributed by atoms with van der Waals surface area (Å²) in [6.45, 7) is 8.14. The molecular formula is C15H28N4O. The van der Waals surface area contributed by atoms with Gasteiger partial charge >= 0.3 is 0 Å². The molecule has 5 heteroatoms. The summed E-state index contributed by atoms with van der Waals surface area (Å²) in [5, 5.41) is 7.81. The SMILES string of the molecule is CCCNC(Cn1ncc(N(C)C)cc1=O)C(C)CC. The van der Waals surface area contributed by atoms with Gasteiger partial charge in [0, 0.05) is 26.2 Å². The summed E-state index contributed by atoms with van der Waals surface area (Å²) in [5.74, 6) is 0.517. The number of hydrogen-bond donors (Lipinski definition) is 1. The van der Waals surface area contributed by atoms with Crippen molar-refractivity contribution >= 4 is 5.69 Å². The molecule has 5 nitrogen and oxygen atoms in total. The van der Waals surface area contributed by atoms with Gasteiger partial charge in [-0.25, -0.2) is 4.68 Å². The highest BCUT2D eigenvalue weighted by Gasteiger charge is 2.16. The first kappa shape index (κ1) is 16.7. The molecule has 0 saturated heterocycles. The van der Waals surface area contributed by atoms with Gasteiger partial charge in [0.25, 0.3) is 5.56 Å². The van der Waals surface area contributed by atoms with E-state index in [1.165, 1.54) is 0 Å². The Morgan fingerprint density at radius 2 is 2.10 bits per heavy atom. The van der Waals surface area contributed by atoms with Gasteiger partial charge < -0.3 is 10.2 Å². The quantitative estimate of drug-likeness (QED) is 0.788. The summed E-state index contributed by atoms with van der Waals surface area (Å²) in [7, 11) is 3.82. The van der Waals surface area contributed by atoms with E-state index in [0.717, 1.165) is 25.1 Å². The molecule has 1 aromatic rings. The molecule has 1 rings (SSSR count). The second kappa shape index (κ2) is 8.04. The summed E-state index contributed by atoms with van der Waals surface area (Å²) < 4.78 is 1.56. The summed E-state index contributed by atoms with van der Waals surface area (Å²) in [6.07, 6.45) is 3.93. The first-order chi connectivity index (χ1) is 9.49.